The van der Waals surface area contributed by atoms with Crippen molar-refractivity contribution in [2.24, 2.45) is 17.8 Å². The van der Waals surface area contributed by atoms with Crippen LogP contribution in [0.1, 0.15) is 44.9 Å². The Labute approximate surface area is 79.3 Å². The Morgan fingerprint density at radius 2 is 1.69 bits per heavy atom. The zero-order valence-corrected chi connectivity index (χ0v) is 8.04. The normalized spacial score (nSPS) is 35.4. The molecule has 2 aliphatic rings. The van der Waals surface area contributed by atoms with Gasteiger partial charge in [0.25, 0.3) is 0 Å². The van der Waals surface area contributed by atoms with Crippen molar-refractivity contribution in [1.82, 2.24) is 0 Å². The van der Waals surface area contributed by atoms with E-state index in [1.54, 1.807) is 0 Å². The van der Waals surface area contributed by atoms with E-state index in [1.807, 2.05) is 0 Å². The summed E-state index contributed by atoms with van der Waals surface area (Å²) in [6, 6.07) is 0. The predicted octanol–water partition coefficient (Wildman–Crippen LogP) is 2.68. The molecule has 2 nitrogen and oxygen atoms in total. The second-order valence-corrected chi connectivity index (χ2v) is 4.58. The second-order valence-electron chi connectivity index (χ2n) is 4.58. The minimum atomic E-state index is -0.543. The number of carboxylic acid groups (broad SMARTS) is 1. The highest BCUT2D eigenvalue weighted by molar-refractivity contribution is 5.70. The van der Waals surface area contributed by atoms with Gasteiger partial charge in [0.2, 0.25) is 0 Å². The molecule has 2 heteroatoms. The topological polar surface area (TPSA) is 37.3 Å². The Morgan fingerprint density at radius 1 is 1.00 bits per heavy atom. The molecule has 1 N–H and O–H groups in total. The molecule has 0 aromatic carbocycles. The van der Waals surface area contributed by atoms with E-state index in [4.69, 9.17) is 5.11 Å². The van der Waals surface area contributed by atoms with Gasteiger partial charge in [-0.3, -0.25) is 4.79 Å². The minimum absolute atomic E-state index is 0.0185. The maximum atomic E-state index is 11.0. The predicted molar refractivity (Wildman–Crippen MR) is 50.4 cm³/mol. The average molecular weight is 182 g/mol. The van der Waals surface area contributed by atoms with Crippen LogP contribution in [0.25, 0.3) is 0 Å². The first kappa shape index (κ1) is 9.04. The highest BCUT2D eigenvalue weighted by Crippen LogP contribution is 2.45. The fourth-order valence-electron chi connectivity index (χ4n) is 2.73. The fourth-order valence-corrected chi connectivity index (χ4v) is 2.73. The lowest BCUT2D eigenvalue weighted by Crippen LogP contribution is -2.23. The van der Waals surface area contributed by atoms with E-state index in [2.05, 4.69) is 0 Å². The molecule has 2 rings (SSSR count). The fraction of sp³-hybridized carbons (Fsp3) is 0.909. The van der Waals surface area contributed by atoms with Gasteiger partial charge in [-0.2, -0.15) is 0 Å². The van der Waals surface area contributed by atoms with Crippen LogP contribution in [0.4, 0.5) is 0 Å². The summed E-state index contributed by atoms with van der Waals surface area (Å²) in [6.07, 6.45) is 8.29. The molecule has 0 radical (unpaired) electrons. The van der Waals surface area contributed by atoms with Crippen LogP contribution in [-0.4, -0.2) is 11.1 Å². The molecule has 74 valence electrons. The van der Waals surface area contributed by atoms with Crippen molar-refractivity contribution in [1.29, 1.82) is 0 Å². The third-order valence-corrected chi connectivity index (χ3v) is 3.61. The van der Waals surface area contributed by atoms with Gasteiger partial charge in [0.15, 0.2) is 0 Å². The zero-order chi connectivity index (χ0) is 9.26. The summed E-state index contributed by atoms with van der Waals surface area (Å²) in [5.74, 6) is 0.716. The van der Waals surface area contributed by atoms with Crippen LogP contribution in [0.5, 0.6) is 0 Å². The van der Waals surface area contributed by atoms with Gasteiger partial charge in [0.1, 0.15) is 0 Å². The van der Waals surface area contributed by atoms with Crippen molar-refractivity contribution < 1.29 is 9.90 Å². The van der Waals surface area contributed by atoms with E-state index >= 15 is 0 Å². The molecule has 2 atom stereocenters. The highest BCUT2D eigenvalue weighted by Gasteiger charge is 2.39. The Kier molecular flexibility index (Phi) is 2.56. The van der Waals surface area contributed by atoms with Crippen molar-refractivity contribution >= 4 is 5.97 Å². The molecule has 0 saturated heterocycles. The molecule has 0 heterocycles. The number of hydrogen-bond acceptors (Lipinski definition) is 1. The standard InChI is InChI=1S/C11H18O2/c12-11(13)10-5-3-1-2-4-9(10)8-6-7-8/h8-10H,1-7H2,(H,12,13). The third-order valence-electron chi connectivity index (χ3n) is 3.61. The first-order valence-corrected chi connectivity index (χ1v) is 5.52. The summed E-state index contributed by atoms with van der Waals surface area (Å²) in [5.41, 5.74) is 0. The quantitative estimate of drug-likeness (QED) is 0.667. The molecule has 13 heavy (non-hydrogen) atoms. The van der Waals surface area contributed by atoms with Crippen LogP contribution in [0.15, 0.2) is 0 Å². The maximum Gasteiger partial charge on any atom is 0.306 e. The van der Waals surface area contributed by atoms with Crippen molar-refractivity contribution in [3.05, 3.63) is 0 Å². The highest BCUT2D eigenvalue weighted by atomic mass is 16.4. The van der Waals surface area contributed by atoms with Crippen LogP contribution in [0.3, 0.4) is 0 Å². The third kappa shape index (κ3) is 2.04. The summed E-state index contributed by atoms with van der Waals surface area (Å²) in [7, 11) is 0. The van der Waals surface area contributed by atoms with E-state index in [9.17, 15) is 4.79 Å². The summed E-state index contributed by atoms with van der Waals surface area (Å²) >= 11 is 0. The van der Waals surface area contributed by atoms with Gasteiger partial charge < -0.3 is 5.11 Å². The molecule has 0 amide bonds. The van der Waals surface area contributed by atoms with Crippen molar-refractivity contribution in [3.63, 3.8) is 0 Å². The molecule has 0 aromatic heterocycles. The minimum Gasteiger partial charge on any atom is -0.481 e. The van der Waals surface area contributed by atoms with Crippen molar-refractivity contribution in [2.75, 3.05) is 0 Å². The van der Waals surface area contributed by atoms with Gasteiger partial charge in [0.05, 0.1) is 5.92 Å². The van der Waals surface area contributed by atoms with E-state index in [0.717, 1.165) is 18.8 Å². The van der Waals surface area contributed by atoms with Gasteiger partial charge >= 0.3 is 5.97 Å². The lowest BCUT2D eigenvalue weighted by Gasteiger charge is -2.20. The molecule has 0 aromatic rings. The van der Waals surface area contributed by atoms with Crippen LogP contribution in [0, 0.1) is 17.8 Å². The van der Waals surface area contributed by atoms with Gasteiger partial charge in [-0.15, -0.1) is 0 Å². The molecule has 2 saturated carbocycles. The lowest BCUT2D eigenvalue weighted by atomic mass is 9.84. The van der Waals surface area contributed by atoms with Gasteiger partial charge in [-0.25, -0.2) is 0 Å². The van der Waals surface area contributed by atoms with Crippen molar-refractivity contribution in [2.45, 2.75) is 44.9 Å². The Morgan fingerprint density at radius 3 is 2.31 bits per heavy atom. The first-order valence-electron chi connectivity index (χ1n) is 5.52. The first-order chi connectivity index (χ1) is 6.29. The van der Waals surface area contributed by atoms with E-state index in [-0.39, 0.29) is 5.92 Å². The SMILES string of the molecule is O=C(O)C1CCCCCC1C1CC1. The molecule has 0 spiro atoms. The molecule has 0 bridgehead atoms. The van der Waals surface area contributed by atoms with E-state index in [1.165, 1.54) is 32.1 Å². The monoisotopic (exact) mass is 182 g/mol. The molecule has 2 fully saturated rings. The molecular weight excluding hydrogens is 164 g/mol. The van der Waals surface area contributed by atoms with Crippen LogP contribution in [-0.2, 0) is 4.79 Å². The van der Waals surface area contributed by atoms with Gasteiger partial charge in [0, 0.05) is 0 Å². The zero-order valence-electron chi connectivity index (χ0n) is 8.04. The summed E-state index contributed by atoms with van der Waals surface area (Å²) in [4.78, 5) is 11.0. The number of aliphatic carboxylic acids is 1. The lowest BCUT2D eigenvalue weighted by molar-refractivity contribution is -0.144. The summed E-state index contributed by atoms with van der Waals surface area (Å²) in [5, 5.41) is 9.11. The summed E-state index contributed by atoms with van der Waals surface area (Å²) in [6.45, 7) is 0. The average Bonchev–Trinajstić information content (AvgIpc) is 2.91. The molecule has 0 aliphatic heterocycles. The van der Waals surface area contributed by atoms with Crippen LogP contribution < -0.4 is 0 Å². The number of carbonyl (C=O) groups is 1. The second kappa shape index (κ2) is 3.69. The van der Waals surface area contributed by atoms with Crippen molar-refractivity contribution in [3.8, 4) is 0 Å². The van der Waals surface area contributed by atoms with Gasteiger partial charge in [-0.1, -0.05) is 19.3 Å². The largest absolute Gasteiger partial charge is 0.481 e. The molecule has 2 aliphatic carbocycles. The summed E-state index contributed by atoms with van der Waals surface area (Å²) < 4.78 is 0. The van der Waals surface area contributed by atoms with Crippen LogP contribution in [0.2, 0.25) is 0 Å². The van der Waals surface area contributed by atoms with E-state index in [0.29, 0.717) is 5.92 Å². The molecular formula is C11H18O2. The number of rotatable bonds is 2. The van der Waals surface area contributed by atoms with E-state index < -0.39 is 5.97 Å². The Bertz CT molecular complexity index is 196. The number of carboxylic acids is 1. The molecule has 2 unspecified atom stereocenters. The Hall–Kier alpha value is -0.530. The number of hydrogen-bond donors (Lipinski definition) is 1. The smallest absolute Gasteiger partial charge is 0.306 e. The maximum absolute atomic E-state index is 11.0. The Balaban J connectivity index is 2.03. The van der Waals surface area contributed by atoms with Gasteiger partial charge in [-0.05, 0) is 37.5 Å². The van der Waals surface area contributed by atoms with Crippen LogP contribution >= 0.6 is 0 Å².